The fraction of sp³-hybridized carbons (Fsp3) is 0.513. The number of rotatable bonds is 10. The number of aromatic nitrogens is 4. The summed E-state index contributed by atoms with van der Waals surface area (Å²) in [6.07, 6.45) is -9.65. The van der Waals surface area contributed by atoms with Crippen molar-refractivity contribution < 1.29 is 31.1 Å². The van der Waals surface area contributed by atoms with Crippen LogP contribution in [0.15, 0.2) is 36.4 Å². The number of anilines is 2. The number of halogens is 8. The van der Waals surface area contributed by atoms with Crippen LogP contribution in [-0.4, -0.2) is 99.6 Å². The molecule has 0 N–H and O–H groups in total. The lowest BCUT2D eigenvalue weighted by Gasteiger charge is -2.44. The molecule has 2 aliphatic rings. The molecule has 4 aromatic rings. The first kappa shape index (κ1) is 41.8. The molecule has 2 unspecified atom stereocenters. The number of nitrogens with zero attached hydrogens (tertiary/aromatic N) is 8. The van der Waals surface area contributed by atoms with Gasteiger partial charge >= 0.3 is 12.4 Å². The van der Waals surface area contributed by atoms with E-state index in [-0.39, 0.29) is 30.3 Å². The summed E-state index contributed by atoms with van der Waals surface area (Å²) in [7, 11) is 0. The van der Waals surface area contributed by atoms with Gasteiger partial charge in [-0.05, 0) is 88.1 Å². The normalized spacial score (nSPS) is 17.5. The molecule has 2 aliphatic heterocycles. The molecule has 0 bridgehead atoms. The van der Waals surface area contributed by atoms with Gasteiger partial charge in [0, 0.05) is 63.7 Å². The summed E-state index contributed by atoms with van der Waals surface area (Å²) >= 11 is 12.3. The average molecular weight is 828 g/mol. The number of ketones is 1. The van der Waals surface area contributed by atoms with E-state index in [2.05, 4.69) is 32.1 Å². The zero-order chi connectivity index (χ0) is 40.9. The number of carbonyl (C=O) groups is 1. The molecule has 6 rings (SSSR count). The molecule has 304 valence electrons. The minimum absolute atomic E-state index is 0.0497. The molecule has 4 heterocycles. The fourth-order valence-electron chi connectivity index (χ4n) is 7.51. The van der Waals surface area contributed by atoms with Crippen LogP contribution in [-0.2, 0) is 30.2 Å². The molecule has 2 aromatic carbocycles. The van der Waals surface area contributed by atoms with E-state index in [4.69, 9.17) is 23.2 Å². The summed E-state index contributed by atoms with van der Waals surface area (Å²) in [6, 6.07) is 10.3. The third-order valence-electron chi connectivity index (χ3n) is 11.4. The summed E-state index contributed by atoms with van der Waals surface area (Å²) in [5.41, 5.74) is 4.22. The van der Waals surface area contributed by atoms with Crippen molar-refractivity contribution >= 4 is 40.4 Å². The Hall–Kier alpha value is -3.79. The van der Waals surface area contributed by atoms with E-state index in [9.17, 15) is 26.3 Å². The summed E-state index contributed by atoms with van der Waals surface area (Å²) in [4.78, 5) is 23.5. The molecule has 0 amide bonds. The summed E-state index contributed by atoms with van der Waals surface area (Å²) in [6.45, 7) is 14.1. The van der Waals surface area contributed by atoms with E-state index >= 15 is 4.79 Å². The zero-order valence-electron chi connectivity index (χ0n) is 32.2. The third-order valence-corrected chi connectivity index (χ3v) is 12.3. The van der Waals surface area contributed by atoms with E-state index in [1.54, 1.807) is 0 Å². The molecular formula is C39H46Cl2F6N8O. The van der Waals surface area contributed by atoms with Gasteiger partial charge in [0.2, 0.25) is 0 Å². The Kier molecular flexibility index (Phi) is 12.1. The van der Waals surface area contributed by atoms with Crippen molar-refractivity contribution in [2.75, 3.05) is 62.2 Å². The Balaban J connectivity index is 1.35. The molecule has 56 heavy (non-hydrogen) atoms. The second-order valence-electron chi connectivity index (χ2n) is 14.9. The molecule has 2 saturated heterocycles. The largest absolute Gasteiger partial charge is 0.436 e. The Morgan fingerprint density at radius 1 is 0.589 bits per heavy atom. The smallest absolute Gasteiger partial charge is 0.369 e. The molecule has 17 heteroatoms. The van der Waals surface area contributed by atoms with Gasteiger partial charge in [0.25, 0.3) is 0 Å². The number of hydrogen-bond donors (Lipinski definition) is 0. The Bertz CT molecular complexity index is 1920. The van der Waals surface area contributed by atoms with E-state index in [1.807, 2.05) is 61.8 Å². The van der Waals surface area contributed by atoms with E-state index in [1.165, 1.54) is 13.8 Å². The van der Waals surface area contributed by atoms with Crippen LogP contribution < -0.4 is 9.80 Å². The maximum Gasteiger partial charge on any atom is 0.436 e. The van der Waals surface area contributed by atoms with Gasteiger partial charge in [-0.2, -0.15) is 36.5 Å². The highest BCUT2D eigenvalue weighted by molar-refractivity contribution is 6.32. The number of carbonyl (C=O) groups excluding carboxylic acids is 1. The topological polar surface area (TPSA) is 65.7 Å². The van der Waals surface area contributed by atoms with Crippen molar-refractivity contribution in [1.29, 1.82) is 0 Å². The van der Waals surface area contributed by atoms with Crippen LogP contribution >= 0.6 is 23.2 Å². The number of piperazine rings is 2. The predicted octanol–water partition coefficient (Wildman–Crippen LogP) is 7.93. The van der Waals surface area contributed by atoms with Gasteiger partial charge in [0.1, 0.15) is 0 Å². The van der Waals surface area contributed by atoms with Crippen LogP contribution in [0.5, 0.6) is 0 Å². The van der Waals surface area contributed by atoms with Crippen molar-refractivity contribution in [2.45, 2.75) is 79.1 Å². The van der Waals surface area contributed by atoms with Crippen molar-refractivity contribution in [3.8, 4) is 0 Å². The van der Waals surface area contributed by atoms with Gasteiger partial charge in [-0.1, -0.05) is 35.3 Å². The Labute approximate surface area is 332 Å². The first-order chi connectivity index (χ1) is 26.2. The van der Waals surface area contributed by atoms with Crippen molar-refractivity contribution in [3.05, 3.63) is 91.5 Å². The number of hydrogen-bond acceptors (Lipinski definition) is 7. The molecule has 2 atom stereocenters. The predicted molar refractivity (Wildman–Crippen MR) is 206 cm³/mol. The number of Topliss-reactive ketones (excluding diaryl/α,β-unsaturated/α-hetero) is 1. The van der Waals surface area contributed by atoms with Gasteiger partial charge in [-0.3, -0.25) is 24.0 Å². The summed E-state index contributed by atoms with van der Waals surface area (Å²) in [5.74, 6) is -0.372. The first-order valence-electron chi connectivity index (χ1n) is 18.5. The standard InChI is InChI=1S/C39H46Cl2F6N8O/c1-23-7-9-29(19-25(23)3)50-11-15-52(16-12-50)31(21-54-27(5)33(40)36(48-54)38(42,43)44)35(56)32(22-55-28(6)34(41)37(49-55)39(45,46)47)53-17-13-51(14-18-53)30-10-8-24(2)26(4)20-30/h7-10,19-20,31-32H,11-18,21-22H2,1-6H3. The lowest BCUT2D eigenvalue weighted by atomic mass is 9.99. The highest BCUT2D eigenvalue weighted by atomic mass is 35.5. The number of aryl methyl sites for hydroxylation is 4. The van der Waals surface area contributed by atoms with Crippen LogP contribution in [0.2, 0.25) is 10.0 Å². The van der Waals surface area contributed by atoms with Gasteiger partial charge in [0.05, 0.1) is 46.6 Å². The van der Waals surface area contributed by atoms with E-state index in [0.717, 1.165) is 43.0 Å². The second-order valence-corrected chi connectivity index (χ2v) is 15.6. The molecule has 0 spiro atoms. The highest BCUT2D eigenvalue weighted by Crippen LogP contribution is 2.37. The monoisotopic (exact) mass is 826 g/mol. The highest BCUT2D eigenvalue weighted by Gasteiger charge is 2.43. The van der Waals surface area contributed by atoms with Crippen LogP contribution in [0.25, 0.3) is 0 Å². The molecule has 0 aliphatic carbocycles. The average Bonchev–Trinajstić information content (AvgIpc) is 3.61. The second kappa shape index (κ2) is 16.2. The number of benzene rings is 2. The van der Waals surface area contributed by atoms with Crippen molar-refractivity contribution in [3.63, 3.8) is 0 Å². The third kappa shape index (κ3) is 8.70. The van der Waals surface area contributed by atoms with Gasteiger partial charge in [0.15, 0.2) is 17.2 Å². The summed E-state index contributed by atoms with van der Waals surface area (Å²) in [5, 5.41) is 6.57. The van der Waals surface area contributed by atoms with Crippen LogP contribution in [0.3, 0.4) is 0 Å². The maximum atomic E-state index is 15.2. The molecule has 0 saturated carbocycles. The van der Waals surface area contributed by atoms with Gasteiger partial charge in [-0.25, -0.2) is 0 Å². The lowest BCUT2D eigenvalue weighted by molar-refractivity contribution is -0.142. The fourth-order valence-corrected chi connectivity index (χ4v) is 8.00. The van der Waals surface area contributed by atoms with E-state index < -0.39 is 45.9 Å². The Morgan fingerprint density at radius 3 is 1.21 bits per heavy atom. The first-order valence-corrected chi connectivity index (χ1v) is 19.3. The van der Waals surface area contributed by atoms with Crippen LogP contribution in [0.1, 0.15) is 45.0 Å². The number of alkyl halides is 6. The molecule has 2 fully saturated rings. The molecule has 2 aromatic heterocycles. The van der Waals surface area contributed by atoms with Crippen LogP contribution in [0.4, 0.5) is 37.7 Å². The molecule has 0 radical (unpaired) electrons. The van der Waals surface area contributed by atoms with Crippen molar-refractivity contribution in [2.24, 2.45) is 0 Å². The van der Waals surface area contributed by atoms with Crippen LogP contribution in [0, 0.1) is 41.5 Å². The summed E-state index contributed by atoms with van der Waals surface area (Å²) < 4.78 is 86.0. The van der Waals surface area contributed by atoms with E-state index in [0.29, 0.717) is 52.4 Å². The minimum atomic E-state index is -4.82. The molecule has 9 nitrogen and oxygen atoms in total. The Morgan fingerprint density at radius 2 is 0.929 bits per heavy atom. The molecular weight excluding hydrogens is 781 g/mol. The SMILES string of the molecule is Cc1ccc(N2CCN(C(Cn3nc(C(F)(F)F)c(Cl)c3C)C(=O)C(Cn3nc(C(F)(F)F)c(Cl)c3C)N3CCN(c4ccc(C)c(C)c4)CC3)CC2)cc1C. The zero-order valence-corrected chi connectivity index (χ0v) is 33.7. The maximum absolute atomic E-state index is 15.2. The van der Waals surface area contributed by atoms with Gasteiger partial charge in [-0.15, -0.1) is 0 Å². The minimum Gasteiger partial charge on any atom is -0.369 e. The van der Waals surface area contributed by atoms with Crippen molar-refractivity contribution in [1.82, 2.24) is 29.4 Å². The van der Waals surface area contributed by atoms with Gasteiger partial charge < -0.3 is 9.80 Å². The quantitative estimate of drug-likeness (QED) is 0.151. The lowest BCUT2D eigenvalue weighted by Crippen LogP contribution is -2.61.